The van der Waals surface area contributed by atoms with Gasteiger partial charge in [-0.05, 0) is 32.4 Å². The van der Waals surface area contributed by atoms with Gasteiger partial charge in [0.25, 0.3) is 0 Å². The molecule has 1 aliphatic rings. The van der Waals surface area contributed by atoms with E-state index in [1.54, 1.807) is 13.2 Å². The van der Waals surface area contributed by atoms with Gasteiger partial charge in [0.2, 0.25) is 0 Å². The molecule has 5 heteroatoms. The first-order chi connectivity index (χ1) is 10.6. The normalized spacial score (nSPS) is 18.8. The summed E-state index contributed by atoms with van der Waals surface area (Å²) in [6, 6.07) is 8.19. The van der Waals surface area contributed by atoms with Gasteiger partial charge in [0.05, 0.1) is 18.8 Å². The third-order valence-electron chi connectivity index (χ3n) is 4.33. The van der Waals surface area contributed by atoms with Crippen molar-refractivity contribution in [2.75, 3.05) is 20.2 Å². The summed E-state index contributed by atoms with van der Waals surface area (Å²) in [5.74, 6) is 0.784. The quantitative estimate of drug-likeness (QED) is 0.943. The summed E-state index contributed by atoms with van der Waals surface area (Å²) >= 11 is 0. The lowest BCUT2D eigenvalue weighted by Gasteiger charge is -2.18. The predicted molar refractivity (Wildman–Crippen MR) is 85.3 cm³/mol. The van der Waals surface area contributed by atoms with E-state index in [2.05, 4.69) is 27.7 Å². The van der Waals surface area contributed by atoms with Crippen molar-refractivity contribution in [1.82, 2.24) is 14.7 Å². The summed E-state index contributed by atoms with van der Waals surface area (Å²) in [5, 5.41) is 14.8. The van der Waals surface area contributed by atoms with Crippen LogP contribution in [0.2, 0.25) is 0 Å². The highest BCUT2D eigenvalue weighted by atomic mass is 16.5. The second-order valence-electron chi connectivity index (χ2n) is 6.02. The minimum Gasteiger partial charge on any atom is -0.504 e. The molecule has 3 rings (SSSR count). The average Bonchev–Trinajstić information content (AvgIpc) is 3.07. The van der Waals surface area contributed by atoms with Crippen molar-refractivity contribution in [3.05, 3.63) is 41.2 Å². The summed E-state index contributed by atoms with van der Waals surface area (Å²) in [6.07, 6.45) is 1.09. The number of benzene rings is 1. The number of aromatic hydroxyl groups is 1. The zero-order chi connectivity index (χ0) is 15.7. The number of methoxy groups -OCH3 is 1. The zero-order valence-corrected chi connectivity index (χ0v) is 13.4. The predicted octanol–water partition coefficient (Wildman–Crippen LogP) is 2.66. The van der Waals surface area contributed by atoms with Crippen molar-refractivity contribution < 1.29 is 9.84 Å². The van der Waals surface area contributed by atoms with E-state index in [-0.39, 0.29) is 5.75 Å². The third kappa shape index (κ3) is 2.81. The van der Waals surface area contributed by atoms with Crippen LogP contribution in [-0.2, 0) is 6.54 Å². The van der Waals surface area contributed by atoms with Crippen LogP contribution in [0.4, 0.5) is 0 Å². The Balaban J connectivity index is 1.70. The standard InChI is InChI=1S/C17H23N3O2/c1-12-9-13(2)20(18-12)15-7-8-19(11-15)10-14-5-4-6-16(22-3)17(14)21/h4-6,9,15,21H,7-8,10-11H2,1-3H3. The highest BCUT2D eigenvalue weighted by Crippen LogP contribution is 2.32. The van der Waals surface area contributed by atoms with Crippen LogP contribution in [0.15, 0.2) is 24.3 Å². The van der Waals surface area contributed by atoms with Crippen LogP contribution < -0.4 is 4.74 Å². The van der Waals surface area contributed by atoms with Crippen molar-refractivity contribution in [1.29, 1.82) is 0 Å². The molecule has 118 valence electrons. The van der Waals surface area contributed by atoms with Gasteiger partial charge < -0.3 is 9.84 Å². The summed E-state index contributed by atoms with van der Waals surface area (Å²) in [5.41, 5.74) is 3.20. The van der Waals surface area contributed by atoms with Crippen LogP contribution in [0.3, 0.4) is 0 Å². The minimum absolute atomic E-state index is 0.250. The van der Waals surface area contributed by atoms with Gasteiger partial charge >= 0.3 is 0 Å². The molecule has 0 spiro atoms. The first-order valence-electron chi connectivity index (χ1n) is 7.68. The number of aryl methyl sites for hydroxylation is 2. The van der Waals surface area contributed by atoms with Crippen LogP contribution in [0.1, 0.15) is 29.4 Å². The number of aromatic nitrogens is 2. The molecule has 0 amide bonds. The largest absolute Gasteiger partial charge is 0.504 e. The Bertz CT molecular complexity index is 666. The van der Waals surface area contributed by atoms with E-state index < -0.39 is 0 Å². The van der Waals surface area contributed by atoms with Crippen LogP contribution in [0, 0.1) is 13.8 Å². The van der Waals surface area contributed by atoms with Crippen molar-refractivity contribution in [2.24, 2.45) is 0 Å². The number of ether oxygens (including phenoxy) is 1. The number of para-hydroxylation sites is 1. The number of hydrogen-bond donors (Lipinski definition) is 1. The minimum atomic E-state index is 0.250. The Labute approximate surface area is 131 Å². The summed E-state index contributed by atoms with van der Waals surface area (Å²) in [7, 11) is 1.58. The number of phenols is 1. The van der Waals surface area contributed by atoms with Crippen LogP contribution >= 0.6 is 0 Å². The van der Waals surface area contributed by atoms with E-state index in [0.29, 0.717) is 11.8 Å². The molecule has 1 fully saturated rings. The lowest BCUT2D eigenvalue weighted by Crippen LogP contribution is -2.22. The van der Waals surface area contributed by atoms with Gasteiger partial charge in [-0.15, -0.1) is 0 Å². The second kappa shape index (κ2) is 6.01. The van der Waals surface area contributed by atoms with Gasteiger partial charge in [0, 0.05) is 30.9 Å². The number of likely N-dealkylation sites (tertiary alicyclic amines) is 1. The Morgan fingerprint density at radius 2 is 2.18 bits per heavy atom. The fraction of sp³-hybridized carbons (Fsp3) is 0.471. The molecular weight excluding hydrogens is 278 g/mol. The van der Waals surface area contributed by atoms with Gasteiger partial charge in [0.15, 0.2) is 11.5 Å². The molecule has 1 aromatic heterocycles. The molecule has 22 heavy (non-hydrogen) atoms. The van der Waals surface area contributed by atoms with Crippen LogP contribution in [-0.4, -0.2) is 40.0 Å². The monoisotopic (exact) mass is 301 g/mol. The first kappa shape index (κ1) is 14.9. The molecule has 1 aliphatic heterocycles. The summed E-state index contributed by atoms with van der Waals surface area (Å²) in [6.45, 7) is 6.85. The molecule has 1 unspecified atom stereocenters. The van der Waals surface area contributed by atoms with E-state index >= 15 is 0 Å². The Morgan fingerprint density at radius 1 is 1.36 bits per heavy atom. The first-order valence-corrected chi connectivity index (χ1v) is 7.68. The van der Waals surface area contributed by atoms with Crippen LogP contribution in [0.25, 0.3) is 0 Å². The smallest absolute Gasteiger partial charge is 0.162 e. The fourth-order valence-corrected chi connectivity index (χ4v) is 3.27. The molecule has 1 atom stereocenters. The van der Waals surface area contributed by atoms with E-state index in [4.69, 9.17) is 4.74 Å². The average molecular weight is 301 g/mol. The van der Waals surface area contributed by atoms with E-state index in [1.165, 1.54) is 5.69 Å². The molecule has 0 aliphatic carbocycles. The SMILES string of the molecule is COc1cccc(CN2CCC(n3nc(C)cc3C)C2)c1O. The summed E-state index contributed by atoms with van der Waals surface area (Å²) < 4.78 is 7.32. The Kier molecular flexibility index (Phi) is 4.07. The maximum atomic E-state index is 10.2. The maximum Gasteiger partial charge on any atom is 0.162 e. The van der Waals surface area contributed by atoms with Crippen molar-refractivity contribution in [2.45, 2.75) is 32.9 Å². The van der Waals surface area contributed by atoms with E-state index in [0.717, 1.165) is 37.3 Å². The Morgan fingerprint density at radius 3 is 2.86 bits per heavy atom. The molecule has 2 heterocycles. The number of hydrogen-bond acceptors (Lipinski definition) is 4. The van der Waals surface area contributed by atoms with Gasteiger partial charge in [-0.25, -0.2) is 0 Å². The van der Waals surface area contributed by atoms with Gasteiger partial charge in [0.1, 0.15) is 0 Å². The lowest BCUT2D eigenvalue weighted by molar-refractivity contribution is 0.301. The van der Waals surface area contributed by atoms with Gasteiger partial charge in [-0.3, -0.25) is 9.58 Å². The van der Waals surface area contributed by atoms with Crippen LogP contribution in [0.5, 0.6) is 11.5 Å². The number of nitrogens with zero attached hydrogens (tertiary/aromatic N) is 3. The fourth-order valence-electron chi connectivity index (χ4n) is 3.27. The molecule has 1 N–H and O–H groups in total. The molecule has 5 nitrogen and oxygen atoms in total. The molecule has 1 saturated heterocycles. The van der Waals surface area contributed by atoms with E-state index in [1.807, 2.05) is 19.1 Å². The summed E-state index contributed by atoms with van der Waals surface area (Å²) in [4.78, 5) is 2.36. The molecular formula is C17H23N3O2. The lowest BCUT2D eigenvalue weighted by atomic mass is 10.1. The Hall–Kier alpha value is -2.01. The molecule has 0 saturated carbocycles. The third-order valence-corrected chi connectivity index (χ3v) is 4.33. The van der Waals surface area contributed by atoms with Crippen molar-refractivity contribution >= 4 is 0 Å². The van der Waals surface area contributed by atoms with Gasteiger partial charge in [-0.2, -0.15) is 5.10 Å². The second-order valence-corrected chi connectivity index (χ2v) is 6.02. The number of phenolic OH excluding ortho intramolecular Hbond substituents is 1. The van der Waals surface area contributed by atoms with Gasteiger partial charge in [-0.1, -0.05) is 12.1 Å². The zero-order valence-electron chi connectivity index (χ0n) is 13.4. The number of rotatable bonds is 4. The highest BCUT2D eigenvalue weighted by molar-refractivity contribution is 5.45. The highest BCUT2D eigenvalue weighted by Gasteiger charge is 2.26. The van der Waals surface area contributed by atoms with Crippen molar-refractivity contribution in [3.63, 3.8) is 0 Å². The van der Waals surface area contributed by atoms with E-state index in [9.17, 15) is 5.11 Å². The molecule has 2 aromatic rings. The molecule has 0 radical (unpaired) electrons. The molecule has 0 bridgehead atoms. The van der Waals surface area contributed by atoms with Crippen molar-refractivity contribution in [3.8, 4) is 11.5 Å². The topological polar surface area (TPSA) is 50.5 Å². The maximum absolute atomic E-state index is 10.2. The molecule has 1 aromatic carbocycles.